The average molecular weight is 414 g/mol. The molecule has 0 aliphatic carbocycles. The second-order valence-electron chi connectivity index (χ2n) is 6.48. The summed E-state index contributed by atoms with van der Waals surface area (Å²) in [6, 6.07) is 11.3. The van der Waals surface area contributed by atoms with E-state index in [0.717, 1.165) is 16.8 Å². The summed E-state index contributed by atoms with van der Waals surface area (Å²) in [5.74, 6) is 0.974. The van der Waals surface area contributed by atoms with Crippen LogP contribution in [0, 0.1) is 13.8 Å². The fraction of sp³-hybridized carbons (Fsp3) is 0.300. The highest BCUT2D eigenvalue weighted by Crippen LogP contribution is 2.30. The molecule has 1 heterocycles. The van der Waals surface area contributed by atoms with Crippen LogP contribution in [0.1, 0.15) is 18.1 Å². The van der Waals surface area contributed by atoms with Gasteiger partial charge in [0.1, 0.15) is 0 Å². The number of carbonyl (C=O) groups is 1. The monoisotopic (exact) mass is 413 g/mol. The number of carbonyl (C=O) groups excluding carboxylic acids is 1. The second kappa shape index (κ2) is 8.95. The van der Waals surface area contributed by atoms with E-state index in [1.165, 1.54) is 11.8 Å². The van der Waals surface area contributed by atoms with Crippen molar-refractivity contribution in [1.82, 2.24) is 20.2 Å². The molecule has 0 bridgehead atoms. The van der Waals surface area contributed by atoms with Gasteiger partial charge in [0.25, 0.3) is 0 Å². The normalized spacial score (nSPS) is 11.8. The van der Waals surface area contributed by atoms with Crippen molar-refractivity contribution in [2.75, 3.05) is 19.5 Å². The maximum absolute atomic E-state index is 12.7. The smallest absolute Gasteiger partial charge is 0.237 e. The van der Waals surface area contributed by atoms with Crippen molar-refractivity contribution in [3.8, 4) is 17.2 Å². The van der Waals surface area contributed by atoms with E-state index >= 15 is 0 Å². The van der Waals surface area contributed by atoms with Gasteiger partial charge in [-0.15, -0.1) is 5.10 Å². The molecule has 29 heavy (non-hydrogen) atoms. The molecule has 0 radical (unpaired) electrons. The van der Waals surface area contributed by atoms with Crippen LogP contribution in [0.5, 0.6) is 11.5 Å². The van der Waals surface area contributed by atoms with E-state index in [1.807, 2.05) is 32.9 Å². The van der Waals surface area contributed by atoms with Crippen molar-refractivity contribution in [2.45, 2.75) is 31.2 Å². The third-order valence-corrected chi connectivity index (χ3v) is 5.36. The molecule has 3 aromatic rings. The van der Waals surface area contributed by atoms with Crippen LogP contribution in [0.2, 0.25) is 0 Å². The first-order valence-electron chi connectivity index (χ1n) is 8.98. The SMILES string of the molecule is COc1ccc(NC(=O)[C@H](C)Sc2nnnn2-c2ccc(C)cc2C)cc1OC. The molecule has 0 aliphatic heterocycles. The molecule has 3 rings (SSSR count). The van der Waals surface area contributed by atoms with Gasteiger partial charge in [-0.3, -0.25) is 4.79 Å². The number of methoxy groups -OCH3 is 2. The van der Waals surface area contributed by atoms with Gasteiger partial charge in [0.2, 0.25) is 11.1 Å². The van der Waals surface area contributed by atoms with Gasteiger partial charge >= 0.3 is 0 Å². The molecular formula is C20H23N5O3S. The van der Waals surface area contributed by atoms with Gasteiger partial charge in [0.15, 0.2) is 11.5 Å². The van der Waals surface area contributed by atoms with Crippen LogP contribution in [-0.4, -0.2) is 45.6 Å². The number of hydrogen-bond donors (Lipinski definition) is 1. The van der Waals surface area contributed by atoms with Crippen LogP contribution < -0.4 is 14.8 Å². The van der Waals surface area contributed by atoms with Crippen LogP contribution in [-0.2, 0) is 4.79 Å². The van der Waals surface area contributed by atoms with E-state index in [0.29, 0.717) is 22.3 Å². The van der Waals surface area contributed by atoms with Gasteiger partial charge in [-0.1, -0.05) is 29.5 Å². The fourth-order valence-electron chi connectivity index (χ4n) is 2.82. The average Bonchev–Trinajstić information content (AvgIpc) is 3.15. The number of aromatic nitrogens is 4. The highest BCUT2D eigenvalue weighted by Gasteiger charge is 2.20. The number of nitrogens with zero attached hydrogens (tertiary/aromatic N) is 4. The number of nitrogens with one attached hydrogen (secondary N) is 1. The zero-order valence-electron chi connectivity index (χ0n) is 17.0. The van der Waals surface area contributed by atoms with Gasteiger partial charge in [0, 0.05) is 11.8 Å². The zero-order chi connectivity index (χ0) is 21.0. The lowest BCUT2D eigenvalue weighted by atomic mass is 10.1. The number of benzene rings is 2. The van der Waals surface area contributed by atoms with E-state index < -0.39 is 5.25 Å². The van der Waals surface area contributed by atoms with Gasteiger partial charge < -0.3 is 14.8 Å². The van der Waals surface area contributed by atoms with Gasteiger partial charge in [-0.25, -0.2) is 0 Å². The first-order valence-corrected chi connectivity index (χ1v) is 9.86. The molecule has 2 aromatic carbocycles. The first-order chi connectivity index (χ1) is 13.9. The largest absolute Gasteiger partial charge is 0.493 e. The Balaban J connectivity index is 1.73. The molecule has 0 saturated carbocycles. The Labute approximate surface area is 173 Å². The predicted molar refractivity (Wildman–Crippen MR) is 112 cm³/mol. The van der Waals surface area contributed by atoms with Crippen molar-refractivity contribution >= 4 is 23.4 Å². The van der Waals surface area contributed by atoms with E-state index in [9.17, 15) is 4.79 Å². The van der Waals surface area contributed by atoms with E-state index in [-0.39, 0.29) is 5.91 Å². The Morgan fingerprint density at radius 2 is 1.86 bits per heavy atom. The van der Waals surface area contributed by atoms with Crippen molar-refractivity contribution < 1.29 is 14.3 Å². The van der Waals surface area contributed by atoms with Gasteiger partial charge in [-0.05, 0) is 55.0 Å². The summed E-state index contributed by atoms with van der Waals surface area (Å²) in [5, 5.41) is 15.0. The molecule has 1 N–H and O–H groups in total. The number of aryl methyl sites for hydroxylation is 2. The number of ether oxygens (including phenoxy) is 2. The quantitative estimate of drug-likeness (QED) is 0.594. The highest BCUT2D eigenvalue weighted by molar-refractivity contribution is 8.00. The summed E-state index contributed by atoms with van der Waals surface area (Å²) in [4.78, 5) is 12.7. The van der Waals surface area contributed by atoms with Crippen LogP contribution in [0.25, 0.3) is 5.69 Å². The molecule has 1 amide bonds. The fourth-order valence-corrected chi connectivity index (χ4v) is 3.62. The predicted octanol–water partition coefficient (Wildman–Crippen LogP) is 3.42. The molecule has 0 unspecified atom stereocenters. The Hall–Kier alpha value is -3.07. The van der Waals surface area contributed by atoms with E-state index in [2.05, 4.69) is 26.9 Å². The third kappa shape index (κ3) is 4.68. The lowest BCUT2D eigenvalue weighted by molar-refractivity contribution is -0.115. The van der Waals surface area contributed by atoms with Crippen LogP contribution in [0.4, 0.5) is 5.69 Å². The molecule has 8 nitrogen and oxygen atoms in total. The zero-order valence-corrected chi connectivity index (χ0v) is 17.8. The molecule has 0 spiro atoms. The summed E-state index contributed by atoms with van der Waals surface area (Å²) < 4.78 is 12.1. The lowest BCUT2D eigenvalue weighted by Gasteiger charge is -2.14. The van der Waals surface area contributed by atoms with Gasteiger partial charge in [0.05, 0.1) is 25.2 Å². The van der Waals surface area contributed by atoms with Gasteiger partial charge in [-0.2, -0.15) is 4.68 Å². The molecule has 0 fully saturated rings. The Morgan fingerprint density at radius 1 is 1.10 bits per heavy atom. The van der Waals surface area contributed by atoms with Crippen molar-refractivity contribution in [1.29, 1.82) is 0 Å². The van der Waals surface area contributed by atoms with E-state index in [4.69, 9.17) is 9.47 Å². The minimum absolute atomic E-state index is 0.169. The maximum Gasteiger partial charge on any atom is 0.237 e. The molecule has 9 heteroatoms. The first kappa shape index (κ1) is 20.7. The summed E-state index contributed by atoms with van der Waals surface area (Å²) in [6.07, 6.45) is 0. The minimum Gasteiger partial charge on any atom is -0.493 e. The van der Waals surface area contributed by atoms with E-state index in [1.54, 1.807) is 37.1 Å². The second-order valence-corrected chi connectivity index (χ2v) is 7.79. The summed E-state index contributed by atoms with van der Waals surface area (Å²) >= 11 is 1.29. The van der Waals surface area contributed by atoms with Crippen LogP contribution in [0.15, 0.2) is 41.6 Å². The third-order valence-electron chi connectivity index (χ3n) is 4.32. The Kier molecular flexibility index (Phi) is 6.38. The number of hydrogen-bond acceptors (Lipinski definition) is 7. The molecule has 0 aliphatic rings. The number of anilines is 1. The van der Waals surface area contributed by atoms with Crippen molar-refractivity contribution in [3.63, 3.8) is 0 Å². The standard InChI is InChI=1S/C20H23N5O3S/c1-12-6-8-16(13(2)10-12)25-20(22-23-24-25)29-14(3)19(26)21-15-7-9-17(27-4)18(11-15)28-5/h6-11,14H,1-5H3,(H,21,26)/t14-/m0/s1. The van der Waals surface area contributed by atoms with Crippen LogP contribution >= 0.6 is 11.8 Å². The van der Waals surface area contributed by atoms with Crippen molar-refractivity contribution in [3.05, 3.63) is 47.5 Å². The van der Waals surface area contributed by atoms with Crippen LogP contribution in [0.3, 0.4) is 0 Å². The molecule has 1 aromatic heterocycles. The molecule has 1 atom stereocenters. The molecule has 0 saturated heterocycles. The number of tetrazole rings is 1. The number of rotatable bonds is 7. The number of amides is 1. The van der Waals surface area contributed by atoms with Crippen molar-refractivity contribution in [2.24, 2.45) is 0 Å². The summed E-state index contributed by atoms with van der Waals surface area (Å²) in [6.45, 7) is 5.85. The Bertz CT molecular complexity index is 1020. The Morgan fingerprint density at radius 3 is 2.55 bits per heavy atom. The highest BCUT2D eigenvalue weighted by atomic mass is 32.2. The number of thioether (sulfide) groups is 1. The summed E-state index contributed by atoms with van der Waals surface area (Å²) in [5.41, 5.74) is 3.72. The molecular weight excluding hydrogens is 390 g/mol. The topological polar surface area (TPSA) is 91.2 Å². The summed E-state index contributed by atoms with van der Waals surface area (Å²) in [7, 11) is 3.11. The maximum atomic E-state index is 12.7. The molecule has 152 valence electrons. The minimum atomic E-state index is -0.418. The lowest BCUT2D eigenvalue weighted by Crippen LogP contribution is -2.23.